The number of fused-ring (bicyclic) bond motifs is 5. The fraction of sp³-hybridized carbons (Fsp3) is 0.194. The van der Waals surface area contributed by atoms with E-state index in [0.29, 0.717) is 11.3 Å². The highest BCUT2D eigenvalue weighted by atomic mass is 16.5. The van der Waals surface area contributed by atoms with E-state index in [1.54, 1.807) is 38.5 Å². The predicted octanol–water partition coefficient (Wildman–Crippen LogP) is 5.00. The van der Waals surface area contributed by atoms with Gasteiger partial charge in [0.1, 0.15) is 11.5 Å². The SMILES string of the molecule is COc1ccc(C(=C2[C@H]3C=C[C@H]2[C@H]2C(=O)N(c4ccc(C#N)cc4)C(=O)[C@@H]23)c2ccc(OC)cc2)cc1. The molecule has 3 aliphatic rings. The molecule has 2 aliphatic carbocycles. The van der Waals surface area contributed by atoms with Crippen LogP contribution in [0.15, 0.2) is 90.5 Å². The monoisotopic (exact) mass is 488 g/mol. The van der Waals surface area contributed by atoms with Crippen LogP contribution in [-0.2, 0) is 9.59 Å². The molecule has 6 rings (SSSR count). The van der Waals surface area contributed by atoms with Gasteiger partial charge < -0.3 is 9.47 Å². The van der Waals surface area contributed by atoms with Crippen LogP contribution in [-0.4, -0.2) is 26.0 Å². The average Bonchev–Trinajstić information content (AvgIpc) is 3.58. The predicted molar refractivity (Wildman–Crippen MR) is 139 cm³/mol. The maximum absolute atomic E-state index is 13.7. The maximum Gasteiger partial charge on any atom is 0.238 e. The first-order chi connectivity index (χ1) is 18.0. The third-order valence-corrected chi connectivity index (χ3v) is 7.72. The van der Waals surface area contributed by atoms with Crippen LogP contribution >= 0.6 is 0 Å². The highest BCUT2D eigenvalue weighted by molar-refractivity contribution is 6.23. The molecule has 1 saturated heterocycles. The minimum atomic E-state index is -0.445. The summed E-state index contributed by atoms with van der Waals surface area (Å²) in [6.07, 6.45) is 4.17. The van der Waals surface area contributed by atoms with Gasteiger partial charge in [-0.2, -0.15) is 5.26 Å². The van der Waals surface area contributed by atoms with E-state index >= 15 is 0 Å². The molecule has 0 aromatic heterocycles. The van der Waals surface area contributed by atoms with Crippen molar-refractivity contribution in [2.24, 2.45) is 23.7 Å². The summed E-state index contributed by atoms with van der Waals surface area (Å²) >= 11 is 0. The topological polar surface area (TPSA) is 79.6 Å². The van der Waals surface area contributed by atoms with E-state index in [2.05, 4.69) is 18.2 Å². The van der Waals surface area contributed by atoms with Gasteiger partial charge in [0.2, 0.25) is 11.8 Å². The van der Waals surface area contributed by atoms with Crippen LogP contribution in [0, 0.1) is 35.0 Å². The summed E-state index contributed by atoms with van der Waals surface area (Å²) in [5, 5.41) is 9.11. The summed E-state index contributed by atoms with van der Waals surface area (Å²) in [4.78, 5) is 28.7. The molecule has 1 heterocycles. The second-order valence-corrected chi connectivity index (χ2v) is 9.45. The van der Waals surface area contributed by atoms with Gasteiger partial charge in [-0.25, -0.2) is 4.90 Å². The van der Waals surface area contributed by atoms with Gasteiger partial charge in [-0.3, -0.25) is 9.59 Å². The van der Waals surface area contributed by atoms with Gasteiger partial charge in [-0.05, 0) is 70.8 Å². The number of hydrogen-bond donors (Lipinski definition) is 0. The summed E-state index contributed by atoms with van der Waals surface area (Å²) in [7, 11) is 3.27. The number of ether oxygens (including phenoxy) is 2. The average molecular weight is 489 g/mol. The Morgan fingerprint density at radius 3 is 1.59 bits per heavy atom. The van der Waals surface area contributed by atoms with Crippen molar-refractivity contribution in [1.82, 2.24) is 0 Å². The van der Waals surface area contributed by atoms with Gasteiger partial charge >= 0.3 is 0 Å². The number of nitriles is 1. The first kappa shape index (κ1) is 22.8. The van der Waals surface area contributed by atoms with Crippen molar-refractivity contribution in [1.29, 1.82) is 5.26 Å². The molecular formula is C31H24N2O4. The number of imide groups is 1. The van der Waals surface area contributed by atoms with Crippen LogP contribution in [0.3, 0.4) is 0 Å². The number of amides is 2. The Hall–Kier alpha value is -4.63. The molecule has 0 N–H and O–H groups in total. The van der Waals surface area contributed by atoms with Crippen LogP contribution in [0.1, 0.15) is 16.7 Å². The fourth-order valence-electron chi connectivity index (χ4n) is 6.05. The van der Waals surface area contributed by atoms with E-state index in [0.717, 1.165) is 33.8 Å². The van der Waals surface area contributed by atoms with Gasteiger partial charge in [0.25, 0.3) is 0 Å². The molecular weight excluding hydrogens is 464 g/mol. The lowest BCUT2D eigenvalue weighted by atomic mass is 9.85. The molecule has 182 valence electrons. The van der Waals surface area contributed by atoms with Crippen LogP contribution in [0.5, 0.6) is 11.5 Å². The first-order valence-electron chi connectivity index (χ1n) is 12.1. The second-order valence-electron chi connectivity index (χ2n) is 9.45. The number of allylic oxidation sites excluding steroid dienone is 3. The molecule has 0 radical (unpaired) electrons. The van der Waals surface area contributed by atoms with Gasteiger partial charge in [-0.15, -0.1) is 0 Å². The minimum absolute atomic E-state index is 0.172. The zero-order chi connectivity index (χ0) is 25.7. The number of methoxy groups -OCH3 is 2. The van der Waals surface area contributed by atoms with Crippen molar-refractivity contribution in [2.45, 2.75) is 0 Å². The number of anilines is 1. The van der Waals surface area contributed by atoms with E-state index in [-0.39, 0.29) is 23.7 Å². The third-order valence-electron chi connectivity index (χ3n) is 7.72. The number of nitrogens with zero attached hydrogens (tertiary/aromatic N) is 2. The number of benzene rings is 3. The molecule has 1 aliphatic heterocycles. The van der Waals surface area contributed by atoms with E-state index < -0.39 is 11.8 Å². The molecule has 6 heteroatoms. The van der Waals surface area contributed by atoms with Crippen molar-refractivity contribution < 1.29 is 19.1 Å². The van der Waals surface area contributed by atoms with Crippen LogP contribution in [0.2, 0.25) is 0 Å². The van der Waals surface area contributed by atoms with Crippen LogP contribution in [0.4, 0.5) is 5.69 Å². The standard InChI is InChI=1S/C31H24N2O4/c1-36-22-11-5-19(6-12-22)26(20-7-13-23(37-2)14-8-20)27-24-15-16-25(27)29-28(24)30(34)33(31(29)35)21-9-3-18(17-32)4-10-21/h3-16,24-25,28-29H,1-2H3/t24-,25-,28-,29-/m1/s1. The van der Waals surface area contributed by atoms with Gasteiger partial charge in [0.05, 0.1) is 43.4 Å². The van der Waals surface area contributed by atoms with Crippen molar-refractivity contribution in [3.63, 3.8) is 0 Å². The Balaban J connectivity index is 1.45. The summed E-state index contributed by atoms with van der Waals surface area (Å²) in [6, 6.07) is 24.5. The fourth-order valence-corrected chi connectivity index (χ4v) is 6.05. The highest BCUT2D eigenvalue weighted by Crippen LogP contribution is 2.59. The second kappa shape index (κ2) is 8.79. The van der Waals surface area contributed by atoms with Crippen molar-refractivity contribution in [2.75, 3.05) is 19.1 Å². The molecule has 3 aromatic carbocycles. The zero-order valence-electron chi connectivity index (χ0n) is 20.4. The first-order valence-corrected chi connectivity index (χ1v) is 12.1. The normalized spacial score (nSPS) is 23.3. The molecule has 3 aromatic rings. The Kier molecular flexibility index (Phi) is 5.42. The third kappa shape index (κ3) is 3.47. The molecule has 2 fully saturated rings. The van der Waals surface area contributed by atoms with Gasteiger partial charge in [0.15, 0.2) is 0 Å². The van der Waals surface area contributed by atoms with Gasteiger partial charge in [0, 0.05) is 11.8 Å². The smallest absolute Gasteiger partial charge is 0.238 e. The molecule has 0 spiro atoms. The minimum Gasteiger partial charge on any atom is -0.497 e. The Morgan fingerprint density at radius 1 is 0.730 bits per heavy atom. The van der Waals surface area contributed by atoms with E-state index in [1.807, 2.05) is 48.5 Å². The Bertz CT molecular complexity index is 1410. The Morgan fingerprint density at radius 2 is 1.19 bits per heavy atom. The molecule has 1 saturated carbocycles. The zero-order valence-corrected chi connectivity index (χ0v) is 20.4. The maximum atomic E-state index is 13.7. The Labute approximate surface area is 215 Å². The number of hydrogen-bond acceptors (Lipinski definition) is 5. The van der Waals surface area contributed by atoms with Crippen LogP contribution in [0.25, 0.3) is 5.57 Å². The molecule has 37 heavy (non-hydrogen) atoms. The quantitative estimate of drug-likeness (QED) is 0.373. The summed E-state index contributed by atoms with van der Waals surface area (Å²) in [6.45, 7) is 0. The van der Waals surface area contributed by atoms with Crippen molar-refractivity contribution in [3.8, 4) is 17.6 Å². The lowest BCUT2D eigenvalue weighted by Crippen LogP contribution is -2.33. The lowest BCUT2D eigenvalue weighted by Gasteiger charge is -2.22. The number of rotatable bonds is 5. The number of carbonyl (C=O) groups is 2. The van der Waals surface area contributed by atoms with Gasteiger partial charge in [-0.1, -0.05) is 36.4 Å². The van der Waals surface area contributed by atoms with Crippen molar-refractivity contribution >= 4 is 23.1 Å². The van der Waals surface area contributed by atoms with Crippen LogP contribution < -0.4 is 14.4 Å². The molecule has 6 nitrogen and oxygen atoms in total. The molecule has 2 bridgehead atoms. The molecule has 2 amide bonds. The number of carbonyl (C=O) groups excluding carboxylic acids is 2. The molecule has 4 atom stereocenters. The van der Waals surface area contributed by atoms with E-state index in [1.165, 1.54) is 4.90 Å². The summed E-state index contributed by atoms with van der Waals surface area (Å²) in [5.41, 5.74) is 5.14. The largest absolute Gasteiger partial charge is 0.497 e. The lowest BCUT2D eigenvalue weighted by molar-refractivity contribution is -0.122. The highest BCUT2D eigenvalue weighted by Gasteiger charge is 2.62. The summed E-state index contributed by atoms with van der Waals surface area (Å²) in [5.74, 6) is -0.0793. The summed E-state index contributed by atoms with van der Waals surface area (Å²) < 4.78 is 10.7. The molecule has 0 unspecified atom stereocenters. The van der Waals surface area contributed by atoms with E-state index in [4.69, 9.17) is 14.7 Å². The van der Waals surface area contributed by atoms with E-state index in [9.17, 15) is 9.59 Å². The van der Waals surface area contributed by atoms with Crippen molar-refractivity contribution in [3.05, 3.63) is 107 Å².